The standard InChI is InChI=1S/C28H35NO4/c1-18(2)15-29(16-19(3)4)17-23(20(5)30)25(21-11-7-6-8-12-21)26-27(31)22-13-9-10-14-24(22)33-28(26)32/h6-14,18-19,23,25,31H,15-17H2,1-5H3/t23-,25+/m1/s1. The van der Waals surface area contributed by atoms with Gasteiger partial charge in [-0.3, -0.25) is 4.79 Å². The Morgan fingerprint density at radius 3 is 2.06 bits per heavy atom. The van der Waals surface area contributed by atoms with Gasteiger partial charge in [0, 0.05) is 31.5 Å². The lowest BCUT2D eigenvalue weighted by molar-refractivity contribution is -0.121. The fraction of sp³-hybridized carbons (Fsp3) is 0.429. The Kier molecular flexibility index (Phi) is 8.09. The van der Waals surface area contributed by atoms with Gasteiger partial charge in [-0.25, -0.2) is 4.79 Å². The van der Waals surface area contributed by atoms with Crippen LogP contribution in [0.1, 0.15) is 51.7 Å². The number of hydrogen-bond donors (Lipinski definition) is 1. The molecule has 2 aromatic carbocycles. The molecule has 1 aromatic heterocycles. The first-order valence-corrected chi connectivity index (χ1v) is 11.7. The molecule has 0 amide bonds. The van der Waals surface area contributed by atoms with Gasteiger partial charge in [-0.2, -0.15) is 0 Å². The van der Waals surface area contributed by atoms with E-state index in [1.54, 1.807) is 31.2 Å². The van der Waals surface area contributed by atoms with Crippen molar-refractivity contribution in [1.29, 1.82) is 0 Å². The Balaban J connectivity index is 2.19. The van der Waals surface area contributed by atoms with Crippen LogP contribution in [-0.4, -0.2) is 35.4 Å². The molecule has 1 N–H and O–H groups in total. The van der Waals surface area contributed by atoms with Crippen LogP contribution >= 0.6 is 0 Å². The molecule has 0 bridgehead atoms. The number of nitrogens with zero attached hydrogens (tertiary/aromatic N) is 1. The molecule has 0 spiro atoms. The summed E-state index contributed by atoms with van der Waals surface area (Å²) < 4.78 is 5.60. The number of carbonyl (C=O) groups is 1. The van der Waals surface area contributed by atoms with E-state index in [2.05, 4.69) is 32.6 Å². The van der Waals surface area contributed by atoms with Crippen LogP contribution in [-0.2, 0) is 4.79 Å². The molecule has 0 unspecified atom stereocenters. The molecule has 3 aromatic rings. The Morgan fingerprint density at radius 2 is 1.48 bits per heavy atom. The molecular weight excluding hydrogens is 414 g/mol. The normalized spacial score (nSPS) is 13.7. The van der Waals surface area contributed by atoms with E-state index in [0.29, 0.717) is 29.3 Å². The second-order valence-corrected chi connectivity index (χ2v) is 9.76. The number of fused-ring (bicyclic) bond motifs is 1. The zero-order chi connectivity index (χ0) is 24.1. The number of ketones is 1. The molecule has 0 aliphatic carbocycles. The van der Waals surface area contributed by atoms with E-state index >= 15 is 0 Å². The number of carbonyl (C=O) groups excluding carboxylic acids is 1. The van der Waals surface area contributed by atoms with E-state index in [4.69, 9.17) is 4.42 Å². The summed E-state index contributed by atoms with van der Waals surface area (Å²) in [5.74, 6) is -0.392. The molecule has 33 heavy (non-hydrogen) atoms. The van der Waals surface area contributed by atoms with Crippen LogP contribution in [0.25, 0.3) is 11.0 Å². The summed E-state index contributed by atoms with van der Waals surface area (Å²) in [5, 5.41) is 11.7. The molecule has 176 valence electrons. The van der Waals surface area contributed by atoms with Gasteiger partial charge >= 0.3 is 5.63 Å². The van der Waals surface area contributed by atoms with Crippen LogP contribution in [0.2, 0.25) is 0 Å². The van der Waals surface area contributed by atoms with Crippen molar-refractivity contribution in [3.05, 3.63) is 76.1 Å². The maximum absolute atomic E-state index is 13.2. The van der Waals surface area contributed by atoms with Crippen molar-refractivity contribution in [3.8, 4) is 5.75 Å². The summed E-state index contributed by atoms with van der Waals surface area (Å²) in [6.45, 7) is 12.4. The molecule has 2 atom stereocenters. The van der Waals surface area contributed by atoms with Crippen LogP contribution in [0, 0.1) is 17.8 Å². The lowest BCUT2D eigenvalue weighted by Gasteiger charge is -2.33. The third kappa shape index (κ3) is 5.91. The second-order valence-electron chi connectivity index (χ2n) is 9.76. The third-order valence-corrected chi connectivity index (χ3v) is 5.92. The number of Topliss-reactive ketones (excluding diaryl/α,β-unsaturated/α-hetero) is 1. The topological polar surface area (TPSA) is 70.8 Å². The molecule has 0 saturated heterocycles. The predicted octanol–water partition coefficient (Wildman–Crippen LogP) is 5.45. The van der Waals surface area contributed by atoms with Gasteiger partial charge in [-0.05, 0) is 36.5 Å². The average molecular weight is 450 g/mol. The van der Waals surface area contributed by atoms with Gasteiger partial charge in [0.2, 0.25) is 0 Å². The molecule has 0 fully saturated rings. The van der Waals surface area contributed by atoms with Crippen LogP contribution in [0.15, 0.2) is 63.8 Å². The first-order chi connectivity index (χ1) is 15.7. The molecule has 0 radical (unpaired) electrons. The average Bonchev–Trinajstić information content (AvgIpc) is 2.75. The molecule has 1 heterocycles. The van der Waals surface area contributed by atoms with E-state index in [-0.39, 0.29) is 17.1 Å². The van der Waals surface area contributed by atoms with E-state index < -0.39 is 17.5 Å². The van der Waals surface area contributed by atoms with Gasteiger partial charge in [0.25, 0.3) is 0 Å². The maximum atomic E-state index is 13.2. The molecule has 0 saturated carbocycles. The highest BCUT2D eigenvalue weighted by Gasteiger charge is 2.35. The fourth-order valence-electron chi connectivity index (χ4n) is 4.69. The zero-order valence-electron chi connectivity index (χ0n) is 20.2. The van der Waals surface area contributed by atoms with E-state index in [1.165, 1.54) is 0 Å². The van der Waals surface area contributed by atoms with Gasteiger partial charge in [0.15, 0.2) is 0 Å². The number of benzene rings is 2. The summed E-state index contributed by atoms with van der Waals surface area (Å²) in [6.07, 6.45) is 0. The Bertz CT molecular complexity index is 1120. The van der Waals surface area contributed by atoms with Crippen molar-refractivity contribution in [2.75, 3.05) is 19.6 Å². The van der Waals surface area contributed by atoms with Crippen LogP contribution in [0.4, 0.5) is 0 Å². The van der Waals surface area contributed by atoms with Gasteiger partial charge in [0.1, 0.15) is 17.1 Å². The van der Waals surface area contributed by atoms with E-state index in [9.17, 15) is 14.7 Å². The van der Waals surface area contributed by atoms with Crippen LogP contribution in [0.3, 0.4) is 0 Å². The highest BCUT2D eigenvalue weighted by Crippen LogP contribution is 2.39. The van der Waals surface area contributed by atoms with Crippen molar-refractivity contribution < 1.29 is 14.3 Å². The summed E-state index contributed by atoms with van der Waals surface area (Å²) in [6, 6.07) is 16.4. The van der Waals surface area contributed by atoms with Crippen molar-refractivity contribution >= 4 is 16.8 Å². The largest absolute Gasteiger partial charge is 0.507 e. The van der Waals surface area contributed by atoms with Gasteiger partial charge in [0.05, 0.1) is 10.9 Å². The fourth-order valence-corrected chi connectivity index (χ4v) is 4.69. The maximum Gasteiger partial charge on any atom is 0.343 e. The first kappa shape index (κ1) is 24.7. The smallest absolute Gasteiger partial charge is 0.343 e. The van der Waals surface area contributed by atoms with Crippen molar-refractivity contribution in [1.82, 2.24) is 4.90 Å². The quantitative estimate of drug-likeness (QED) is 0.417. The molecule has 3 rings (SSSR count). The summed E-state index contributed by atoms with van der Waals surface area (Å²) in [4.78, 5) is 28.6. The van der Waals surface area contributed by atoms with Gasteiger partial charge in [-0.15, -0.1) is 0 Å². The lowest BCUT2D eigenvalue weighted by atomic mass is 9.78. The van der Waals surface area contributed by atoms with Crippen molar-refractivity contribution in [2.45, 2.75) is 40.5 Å². The third-order valence-electron chi connectivity index (χ3n) is 5.92. The predicted molar refractivity (Wildman–Crippen MR) is 133 cm³/mol. The van der Waals surface area contributed by atoms with Crippen LogP contribution < -0.4 is 5.63 Å². The first-order valence-electron chi connectivity index (χ1n) is 11.7. The SMILES string of the molecule is CC(=O)[C@@H](CN(CC(C)C)CC(C)C)[C@H](c1ccccc1)c1c(O)c2ccccc2oc1=O. The van der Waals surface area contributed by atoms with Gasteiger partial charge < -0.3 is 14.4 Å². The van der Waals surface area contributed by atoms with E-state index in [0.717, 1.165) is 18.7 Å². The number of rotatable bonds is 10. The highest BCUT2D eigenvalue weighted by molar-refractivity contribution is 5.86. The molecule has 0 aliphatic rings. The van der Waals surface area contributed by atoms with Crippen LogP contribution in [0.5, 0.6) is 5.75 Å². The highest BCUT2D eigenvalue weighted by atomic mass is 16.4. The monoisotopic (exact) mass is 449 g/mol. The second kappa shape index (κ2) is 10.8. The van der Waals surface area contributed by atoms with E-state index in [1.807, 2.05) is 30.3 Å². The lowest BCUT2D eigenvalue weighted by Crippen LogP contribution is -2.40. The number of para-hydroxylation sites is 1. The molecule has 5 nitrogen and oxygen atoms in total. The molecule has 0 aliphatic heterocycles. The Hall–Kier alpha value is -2.92. The number of aromatic hydroxyl groups is 1. The van der Waals surface area contributed by atoms with Crippen molar-refractivity contribution in [2.24, 2.45) is 17.8 Å². The summed E-state index contributed by atoms with van der Waals surface area (Å²) in [5.41, 5.74) is 0.681. The Morgan fingerprint density at radius 1 is 0.909 bits per heavy atom. The van der Waals surface area contributed by atoms with Gasteiger partial charge in [-0.1, -0.05) is 70.2 Å². The minimum atomic E-state index is -0.619. The summed E-state index contributed by atoms with van der Waals surface area (Å²) >= 11 is 0. The molecule has 5 heteroatoms. The molecular formula is C28H35NO4. The minimum Gasteiger partial charge on any atom is -0.507 e. The Labute approximate surface area is 196 Å². The zero-order valence-corrected chi connectivity index (χ0v) is 20.2. The number of hydrogen-bond acceptors (Lipinski definition) is 5. The van der Waals surface area contributed by atoms with Crippen molar-refractivity contribution in [3.63, 3.8) is 0 Å². The summed E-state index contributed by atoms with van der Waals surface area (Å²) in [7, 11) is 0. The minimum absolute atomic E-state index is 0.0201.